The van der Waals surface area contributed by atoms with Crippen molar-refractivity contribution in [2.45, 2.75) is 57.7 Å². The number of nitrogens with zero attached hydrogens (tertiary/aromatic N) is 2. The molecule has 0 bridgehead atoms. The predicted molar refractivity (Wildman–Crippen MR) is 86.2 cm³/mol. The van der Waals surface area contributed by atoms with Crippen molar-refractivity contribution in [3.63, 3.8) is 0 Å². The summed E-state index contributed by atoms with van der Waals surface area (Å²) in [5.74, 6) is 0. The molecule has 1 aromatic carbocycles. The smallest absolute Gasteiger partial charge is 0.0762 e. The zero-order valence-electron chi connectivity index (χ0n) is 12.8. The van der Waals surface area contributed by atoms with E-state index in [1.54, 1.807) is 0 Å². The third-order valence-corrected chi connectivity index (χ3v) is 4.38. The molecule has 3 heteroatoms. The molecule has 2 aromatic rings. The quantitative estimate of drug-likeness (QED) is 0.875. The Morgan fingerprint density at radius 2 is 1.95 bits per heavy atom. The highest BCUT2D eigenvalue weighted by molar-refractivity contribution is 5.15. The van der Waals surface area contributed by atoms with Crippen molar-refractivity contribution in [3.05, 3.63) is 53.9 Å². The highest BCUT2D eigenvalue weighted by Gasteiger charge is 2.17. The standard InChI is InChI=1S/C18H25N3/c1-15(13-16-7-3-2-4-8-16)19-14-17-11-12-21(20-17)18-9-5-6-10-18/h2-4,7-8,11-12,15,18-19H,5-6,9-10,13-14H2,1H3. The van der Waals surface area contributed by atoms with Crippen LogP contribution in [0, 0.1) is 0 Å². The van der Waals surface area contributed by atoms with Gasteiger partial charge in [0.05, 0.1) is 11.7 Å². The number of hydrogen-bond acceptors (Lipinski definition) is 2. The second-order valence-electron chi connectivity index (χ2n) is 6.20. The molecule has 1 atom stereocenters. The molecule has 0 amide bonds. The van der Waals surface area contributed by atoms with Crippen LogP contribution in [0.3, 0.4) is 0 Å². The molecule has 1 fully saturated rings. The van der Waals surface area contributed by atoms with Crippen LogP contribution in [0.4, 0.5) is 0 Å². The lowest BCUT2D eigenvalue weighted by atomic mass is 10.1. The third kappa shape index (κ3) is 3.94. The molecule has 3 rings (SSSR count). The fraction of sp³-hybridized carbons (Fsp3) is 0.500. The molecule has 1 unspecified atom stereocenters. The van der Waals surface area contributed by atoms with Crippen molar-refractivity contribution in [1.29, 1.82) is 0 Å². The lowest BCUT2D eigenvalue weighted by Gasteiger charge is -2.13. The zero-order chi connectivity index (χ0) is 14.5. The van der Waals surface area contributed by atoms with E-state index in [1.807, 2.05) is 0 Å². The first kappa shape index (κ1) is 14.3. The summed E-state index contributed by atoms with van der Waals surface area (Å²) >= 11 is 0. The molecule has 112 valence electrons. The first-order chi connectivity index (χ1) is 10.3. The van der Waals surface area contributed by atoms with Gasteiger partial charge < -0.3 is 5.32 Å². The van der Waals surface area contributed by atoms with Crippen molar-refractivity contribution in [3.8, 4) is 0 Å². The molecule has 1 aliphatic carbocycles. The van der Waals surface area contributed by atoms with Gasteiger partial charge in [-0.25, -0.2) is 0 Å². The molecule has 0 aliphatic heterocycles. The van der Waals surface area contributed by atoms with E-state index >= 15 is 0 Å². The zero-order valence-corrected chi connectivity index (χ0v) is 12.8. The van der Waals surface area contributed by atoms with Crippen molar-refractivity contribution in [2.24, 2.45) is 0 Å². The minimum absolute atomic E-state index is 0.462. The van der Waals surface area contributed by atoms with Gasteiger partial charge in [-0.1, -0.05) is 43.2 Å². The van der Waals surface area contributed by atoms with Crippen molar-refractivity contribution in [2.75, 3.05) is 0 Å². The highest BCUT2D eigenvalue weighted by Crippen LogP contribution is 2.28. The van der Waals surface area contributed by atoms with E-state index in [9.17, 15) is 0 Å². The average Bonchev–Trinajstić information content (AvgIpc) is 3.17. The van der Waals surface area contributed by atoms with Gasteiger partial charge in [0, 0.05) is 18.8 Å². The Bertz CT molecular complexity index is 541. The predicted octanol–water partition coefficient (Wildman–Crippen LogP) is 3.72. The van der Waals surface area contributed by atoms with Crippen LogP contribution in [0.15, 0.2) is 42.6 Å². The SMILES string of the molecule is CC(Cc1ccccc1)NCc1ccn(C2CCCC2)n1. The van der Waals surface area contributed by atoms with Crippen molar-refractivity contribution < 1.29 is 0 Å². The summed E-state index contributed by atoms with van der Waals surface area (Å²) in [6.07, 6.45) is 8.50. The van der Waals surface area contributed by atoms with Crippen LogP contribution in [0.5, 0.6) is 0 Å². The molecule has 1 N–H and O–H groups in total. The van der Waals surface area contributed by atoms with Gasteiger partial charge in [-0.3, -0.25) is 4.68 Å². The molecular formula is C18H25N3. The lowest BCUT2D eigenvalue weighted by Crippen LogP contribution is -2.27. The Morgan fingerprint density at radius 1 is 1.19 bits per heavy atom. The monoisotopic (exact) mass is 283 g/mol. The van der Waals surface area contributed by atoms with Gasteiger partial charge in [-0.15, -0.1) is 0 Å². The number of nitrogens with one attached hydrogen (secondary N) is 1. The minimum Gasteiger partial charge on any atom is -0.308 e. The van der Waals surface area contributed by atoms with E-state index < -0.39 is 0 Å². The van der Waals surface area contributed by atoms with E-state index in [2.05, 4.69) is 59.5 Å². The average molecular weight is 283 g/mol. The summed E-state index contributed by atoms with van der Waals surface area (Å²) < 4.78 is 2.17. The van der Waals surface area contributed by atoms with E-state index in [0.29, 0.717) is 12.1 Å². The molecule has 1 aromatic heterocycles. The largest absolute Gasteiger partial charge is 0.308 e. The Labute approximate surface area is 127 Å². The van der Waals surface area contributed by atoms with Gasteiger partial charge in [0.15, 0.2) is 0 Å². The number of hydrogen-bond donors (Lipinski definition) is 1. The normalized spacial score (nSPS) is 17.2. The summed E-state index contributed by atoms with van der Waals surface area (Å²) in [5, 5.41) is 8.30. The lowest BCUT2D eigenvalue weighted by molar-refractivity contribution is 0.457. The van der Waals surface area contributed by atoms with E-state index in [-0.39, 0.29) is 0 Å². The summed E-state index contributed by atoms with van der Waals surface area (Å²) in [5.41, 5.74) is 2.54. The van der Waals surface area contributed by atoms with Crippen molar-refractivity contribution >= 4 is 0 Å². The Morgan fingerprint density at radius 3 is 2.71 bits per heavy atom. The van der Waals surface area contributed by atoms with E-state index in [4.69, 9.17) is 5.10 Å². The van der Waals surface area contributed by atoms with Crippen LogP contribution in [0.2, 0.25) is 0 Å². The van der Waals surface area contributed by atoms with Crippen molar-refractivity contribution in [1.82, 2.24) is 15.1 Å². The highest BCUT2D eigenvalue weighted by atomic mass is 15.3. The number of rotatable bonds is 6. The summed E-state index contributed by atoms with van der Waals surface area (Å²) in [6.45, 7) is 3.09. The Hall–Kier alpha value is -1.61. The van der Waals surface area contributed by atoms with E-state index in [1.165, 1.54) is 31.2 Å². The van der Waals surface area contributed by atoms with Gasteiger partial charge in [0.2, 0.25) is 0 Å². The maximum atomic E-state index is 4.73. The molecular weight excluding hydrogens is 258 g/mol. The fourth-order valence-electron chi connectivity index (χ4n) is 3.16. The van der Waals surface area contributed by atoms with Gasteiger partial charge in [0.25, 0.3) is 0 Å². The molecule has 0 saturated heterocycles. The third-order valence-electron chi connectivity index (χ3n) is 4.38. The van der Waals surface area contributed by atoms with Gasteiger partial charge >= 0.3 is 0 Å². The topological polar surface area (TPSA) is 29.9 Å². The molecule has 21 heavy (non-hydrogen) atoms. The Balaban J connectivity index is 1.48. The first-order valence-electron chi connectivity index (χ1n) is 8.12. The van der Waals surface area contributed by atoms with Crippen LogP contribution in [0.1, 0.15) is 49.9 Å². The summed E-state index contributed by atoms with van der Waals surface area (Å²) in [6, 6.07) is 13.9. The molecule has 0 spiro atoms. The second kappa shape index (κ2) is 6.90. The van der Waals surface area contributed by atoms with Crippen LogP contribution in [-0.4, -0.2) is 15.8 Å². The van der Waals surface area contributed by atoms with Crippen LogP contribution >= 0.6 is 0 Å². The first-order valence-corrected chi connectivity index (χ1v) is 8.12. The van der Waals surface area contributed by atoms with Gasteiger partial charge in [-0.05, 0) is 37.8 Å². The van der Waals surface area contributed by atoms with Crippen LogP contribution in [0.25, 0.3) is 0 Å². The van der Waals surface area contributed by atoms with Crippen LogP contribution in [-0.2, 0) is 13.0 Å². The fourth-order valence-corrected chi connectivity index (χ4v) is 3.16. The molecule has 1 aliphatic rings. The van der Waals surface area contributed by atoms with Crippen LogP contribution < -0.4 is 5.32 Å². The summed E-state index contributed by atoms with van der Waals surface area (Å²) in [4.78, 5) is 0. The van der Waals surface area contributed by atoms with Gasteiger partial charge in [-0.2, -0.15) is 5.10 Å². The maximum absolute atomic E-state index is 4.73. The molecule has 1 heterocycles. The molecule has 0 radical (unpaired) electrons. The minimum atomic E-state index is 0.462. The maximum Gasteiger partial charge on any atom is 0.0762 e. The number of aromatic nitrogens is 2. The summed E-state index contributed by atoms with van der Waals surface area (Å²) in [7, 11) is 0. The number of benzene rings is 1. The van der Waals surface area contributed by atoms with E-state index in [0.717, 1.165) is 18.7 Å². The molecule has 3 nitrogen and oxygen atoms in total. The Kier molecular flexibility index (Phi) is 4.71. The second-order valence-corrected chi connectivity index (χ2v) is 6.20. The molecule has 1 saturated carbocycles. The van der Waals surface area contributed by atoms with Gasteiger partial charge in [0.1, 0.15) is 0 Å².